The topological polar surface area (TPSA) is 93.0 Å². The Kier molecular flexibility index (Phi) is 7.75. The minimum atomic E-state index is -0.564. The molecule has 3 aromatic rings. The fourth-order valence-corrected chi connectivity index (χ4v) is 4.29. The minimum absolute atomic E-state index is 0.0735. The second kappa shape index (κ2) is 10.9. The predicted octanol–water partition coefficient (Wildman–Crippen LogP) is 3.95. The molecule has 2 amide bonds. The SMILES string of the molecule is CCC(C(=O)N1CCC(C(=O)NCc2ccc(C)c(F)c2)CC1)n1nnc(-c2ccc(Cl)cc2)n1. The van der Waals surface area contributed by atoms with Crippen LogP contribution in [0, 0.1) is 18.7 Å². The summed E-state index contributed by atoms with van der Waals surface area (Å²) in [6.07, 6.45) is 1.65. The number of hydrogen-bond acceptors (Lipinski definition) is 5. The number of likely N-dealkylation sites (tertiary alicyclic amines) is 1. The van der Waals surface area contributed by atoms with Crippen molar-refractivity contribution in [1.82, 2.24) is 30.4 Å². The number of aryl methyl sites for hydroxylation is 1. The quantitative estimate of drug-likeness (QED) is 0.532. The van der Waals surface area contributed by atoms with Gasteiger partial charge >= 0.3 is 0 Å². The second-order valence-electron chi connectivity index (χ2n) is 8.77. The molecule has 2 aromatic carbocycles. The molecule has 1 atom stereocenters. The van der Waals surface area contributed by atoms with E-state index in [4.69, 9.17) is 11.6 Å². The van der Waals surface area contributed by atoms with Gasteiger partial charge in [0.15, 0.2) is 6.04 Å². The number of halogens is 2. The molecule has 1 aliphatic heterocycles. The van der Waals surface area contributed by atoms with Gasteiger partial charge in [0.25, 0.3) is 0 Å². The maximum Gasteiger partial charge on any atom is 0.249 e. The highest BCUT2D eigenvalue weighted by Crippen LogP contribution is 2.23. The molecule has 10 heteroatoms. The van der Waals surface area contributed by atoms with Gasteiger partial charge in [-0.1, -0.05) is 30.7 Å². The van der Waals surface area contributed by atoms with Gasteiger partial charge in [-0.15, -0.1) is 10.2 Å². The van der Waals surface area contributed by atoms with Gasteiger partial charge in [-0.25, -0.2) is 4.39 Å². The van der Waals surface area contributed by atoms with Crippen LogP contribution in [0.4, 0.5) is 4.39 Å². The summed E-state index contributed by atoms with van der Waals surface area (Å²) in [6, 6.07) is 11.5. The summed E-state index contributed by atoms with van der Waals surface area (Å²) in [7, 11) is 0. The van der Waals surface area contributed by atoms with Crippen molar-refractivity contribution in [2.75, 3.05) is 13.1 Å². The van der Waals surface area contributed by atoms with Gasteiger partial charge < -0.3 is 10.2 Å². The highest BCUT2D eigenvalue weighted by molar-refractivity contribution is 6.30. The lowest BCUT2D eigenvalue weighted by Crippen LogP contribution is -2.45. The summed E-state index contributed by atoms with van der Waals surface area (Å²) < 4.78 is 13.7. The Hall–Kier alpha value is -3.33. The number of aromatic nitrogens is 4. The minimum Gasteiger partial charge on any atom is -0.352 e. The standard InChI is InChI=1S/C25H28ClFN6O2/c1-3-22(33-30-23(29-31-33)18-6-8-20(26)9-7-18)25(35)32-12-10-19(11-13-32)24(34)28-15-17-5-4-16(2)21(27)14-17/h4-9,14,19,22H,3,10-13,15H2,1-2H3,(H,28,34). The molecule has 1 fully saturated rings. The van der Waals surface area contributed by atoms with Crippen LogP contribution in [0.5, 0.6) is 0 Å². The number of nitrogens with one attached hydrogen (secondary N) is 1. The second-order valence-corrected chi connectivity index (χ2v) is 9.20. The summed E-state index contributed by atoms with van der Waals surface area (Å²) in [5.74, 6) is -0.194. The van der Waals surface area contributed by atoms with Gasteiger partial charge in [0, 0.05) is 36.1 Å². The smallest absolute Gasteiger partial charge is 0.249 e. The van der Waals surface area contributed by atoms with Crippen LogP contribution < -0.4 is 5.32 Å². The van der Waals surface area contributed by atoms with Gasteiger partial charge in [-0.3, -0.25) is 9.59 Å². The van der Waals surface area contributed by atoms with Crippen molar-refractivity contribution < 1.29 is 14.0 Å². The summed E-state index contributed by atoms with van der Waals surface area (Å²) in [4.78, 5) is 29.0. The van der Waals surface area contributed by atoms with E-state index in [9.17, 15) is 14.0 Å². The Morgan fingerprint density at radius 2 is 1.89 bits per heavy atom. The molecule has 1 aliphatic rings. The zero-order valence-corrected chi connectivity index (χ0v) is 20.5. The molecule has 2 heterocycles. The largest absolute Gasteiger partial charge is 0.352 e. The lowest BCUT2D eigenvalue weighted by atomic mass is 9.95. The first-order chi connectivity index (χ1) is 16.9. The number of tetrazole rings is 1. The van der Waals surface area contributed by atoms with Crippen molar-refractivity contribution in [2.45, 2.75) is 45.7 Å². The number of carbonyl (C=O) groups is 2. The van der Waals surface area contributed by atoms with Crippen molar-refractivity contribution in [3.63, 3.8) is 0 Å². The monoisotopic (exact) mass is 498 g/mol. The van der Waals surface area contributed by atoms with Crippen LogP contribution in [0.25, 0.3) is 11.4 Å². The van der Waals surface area contributed by atoms with E-state index in [1.165, 1.54) is 10.9 Å². The van der Waals surface area contributed by atoms with E-state index >= 15 is 0 Å². The summed E-state index contributed by atoms with van der Waals surface area (Å²) >= 11 is 5.94. The van der Waals surface area contributed by atoms with Crippen molar-refractivity contribution in [2.24, 2.45) is 5.92 Å². The van der Waals surface area contributed by atoms with E-state index in [-0.39, 0.29) is 30.1 Å². The zero-order chi connectivity index (χ0) is 24.9. The first-order valence-electron chi connectivity index (χ1n) is 11.7. The zero-order valence-electron chi connectivity index (χ0n) is 19.7. The third-order valence-corrected chi connectivity index (χ3v) is 6.61. The van der Waals surface area contributed by atoms with E-state index in [0.717, 1.165) is 11.1 Å². The summed E-state index contributed by atoms with van der Waals surface area (Å²) in [5.41, 5.74) is 2.06. The molecule has 0 bridgehead atoms. The molecule has 0 radical (unpaired) electrons. The lowest BCUT2D eigenvalue weighted by Gasteiger charge is -2.33. The molecule has 8 nitrogen and oxygen atoms in total. The maximum atomic E-state index is 13.7. The number of carbonyl (C=O) groups excluding carboxylic acids is 2. The molecule has 4 rings (SSSR count). The summed E-state index contributed by atoms with van der Waals surface area (Å²) in [5, 5.41) is 16.1. The van der Waals surface area contributed by atoms with Crippen LogP contribution in [0.1, 0.15) is 43.4 Å². The summed E-state index contributed by atoms with van der Waals surface area (Å²) in [6.45, 7) is 4.84. The molecule has 0 saturated carbocycles. The molecular weight excluding hydrogens is 471 g/mol. The molecule has 1 unspecified atom stereocenters. The third kappa shape index (κ3) is 5.85. The third-order valence-electron chi connectivity index (χ3n) is 6.36. The first kappa shape index (κ1) is 24.8. The Balaban J connectivity index is 1.31. The van der Waals surface area contributed by atoms with Crippen molar-refractivity contribution >= 4 is 23.4 Å². The van der Waals surface area contributed by atoms with E-state index < -0.39 is 6.04 Å². The molecule has 1 saturated heterocycles. The normalized spacial score (nSPS) is 15.1. The van der Waals surface area contributed by atoms with Gasteiger partial charge in [0.05, 0.1) is 0 Å². The fraction of sp³-hybridized carbons (Fsp3) is 0.400. The Bertz CT molecular complexity index is 1190. The predicted molar refractivity (Wildman–Crippen MR) is 130 cm³/mol. The number of piperidine rings is 1. The van der Waals surface area contributed by atoms with Crippen LogP contribution in [0.2, 0.25) is 5.02 Å². The maximum absolute atomic E-state index is 13.7. The Labute approximate surface area is 208 Å². The molecule has 184 valence electrons. The molecule has 1 aromatic heterocycles. The number of benzene rings is 2. The first-order valence-corrected chi connectivity index (χ1v) is 12.1. The van der Waals surface area contributed by atoms with Crippen molar-refractivity contribution in [3.8, 4) is 11.4 Å². The molecular formula is C25H28ClFN6O2. The van der Waals surface area contributed by atoms with Crippen LogP contribution >= 0.6 is 11.6 Å². The number of hydrogen-bond donors (Lipinski definition) is 1. The Morgan fingerprint density at radius 3 is 2.54 bits per heavy atom. The van der Waals surface area contributed by atoms with Gasteiger partial charge in [0.2, 0.25) is 17.6 Å². The van der Waals surface area contributed by atoms with E-state index in [1.54, 1.807) is 48.2 Å². The van der Waals surface area contributed by atoms with Crippen LogP contribution in [-0.2, 0) is 16.1 Å². The molecule has 0 spiro atoms. The highest BCUT2D eigenvalue weighted by atomic mass is 35.5. The van der Waals surface area contributed by atoms with Gasteiger partial charge in [0.1, 0.15) is 5.82 Å². The van der Waals surface area contributed by atoms with Crippen molar-refractivity contribution in [1.29, 1.82) is 0 Å². The highest BCUT2D eigenvalue weighted by Gasteiger charge is 2.32. The Morgan fingerprint density at radius 1 is 1.17 bits per heavy atom. The fourth-order valence-electron chi connectivity index (χ4n) is 4.16. The lowest BCUT2D eigenvalue weighted by molar-refractivity contribution is -0.139. The number of nitrogens with zero attached hydrogens (tertiary/aromatic N) is 5. The average molecular weight is 499 g/mol. The van der Waals surface area contributed by atoms with Crippen LogP contribution in [-0.4, -0.2) is 50.0 Å². The van der Waals surface area contributed by atoms with Crippen LogP contribution in [0.3, 0.4) is 0 Å². The molecule has 1 N–H and O–H groups in total. The van der Waals surface area contributed by atoms with E-state index in [2.05, 4.69) is 20.7 Å². The van der Waals surface area contributed by atoms with E-state index in [1.807, 2.05) is 6.92 Å². The van der Waals surface area contributed by atoms with Crippen molar-refractivity contribution in [3.05, 3.63) is 64.4 Å². The van der Waals surface area contributed by atoms with Crippen LogP contribution in [0.15, 0.2) is 42.5 Å². The van der Waals surface area contributed by atoms with Gasteiger partial charge in [-0.05, 0) is 72.9 Å². The van der Waals surface area contributed by atoms with Gasteiger partial charge in [-0.2, -0.15) is 4.80 Å². The molecule has 35 heavy (non-hydrogen) atoms. The number of amides is 2. The molecule has 0 aliphatic carbocycles. The average Bonchev–Trinajstić information content (AvgIpc) is 3.35. The van der Waals surface area contributed by atoms with E-state index in [0.29, 0.717) is 48.8 Å². The number of rotatable bonds is 7.